The molecule has 0 amide bonds. The molecule has 98 valence electrons. The van der Waals surface area contributed by atoms with Gasteiger partial charge in [-0.25, -0.2) is 0 Å². The lowest BCUT2D eigenvalue weighted by Crippen LogP contribution is -2.47. The third-order valence-corrected chi connectivity index (χ3v) is 5.87. The Morgan fingerprint density at radius 3 is 1.65 bits per heavy atom. The Morgan fingerprint density at radius 2 is 1.18 bits per heavy atom. The van der Waals surface area contributed by atoms with Gasteiger partial charge in [-0.15, -0.1) is 0 Å². The fourth-order valence-electron chi connectivity index (χ4n) is 5.22. The Balaban J connectivity index is 1.82. The highest BCUT2D eigenvalue weighted by Gasteiger charge is 2.47. The van der Waals surface area contributed by atoms with E-state index in [1.54, 1.807) is 0 Å². The minimum absolute atomic E-state index is 0.194. The van der Waals surface area contributed by atoms with E-state index in [4.69, 9.17) is 0 Å². The Kier molecular flexibility index (Phi) is 3.45. The Labute approximate surface area is 104 Å². The predicted molar refractivity (Wildman–Crippen MR) is 67.2 cm³/mol. The van der Waals surface area contributed by atoms with Gasteiger partial charge in [-0.05, 0) is 42.9 Å². The van der Waals surface area contributed by atoms with Crippen LogP contribution in [0.4, 0.5) is 0 Å². The summed E-state index contributed by atoms with van der Waals surface area (Å²) >= 11 is 0. The monoisotopic (exact) mass is 238 g/mol. The van der Waals surface area contributed by atoms with Crippen LogP contribution in [0.5, 0.6) is 0 Å². The van der Waals surface area contributed by atoms with Crippen molar-refractivity contribution in [2.24, 2.45) is 29.6 Å². The van der Waals surface area contributed by atoms with E-state index in [0.717, 1.165) is 11.8 Å². The highest BCUT2D eigenvalue weighted by molar-refractivity contribution is 4.95. The van der Waals surface area contributed by atoms with Crippen molar-refractivity contribution < 1.29 is 10.2 Å². The molecule has 3 saturated carbocycles. The third kappa shape index (κ3) is 2.15. The summed E-state index contributed by atoms with van der Waals surface area (Å²) in [6, 6.07) is 0. The molecule has 2 N–H and O–H groups in total. The smallest absolute Gasteiger partial charge is 0.154 e. The maximum atomic E-state index is 9.81. The molecule has 2 heteroatoms. The first kappa shape index (κ1) is 12.0. The van der Waals surface area contributed by atoms with Gasteiger partial charge in [-0.3, -0.25) is 0 Å². The van der Waals surface area contributed by atoms with Gasteiger partial charge in [0.05, 0.1) is 0 Å². The van der Waals surface area contributed by atoms with Crippen LogP contribution in [0.15, 0.2) is 0 Å². The molecule has 0 radical (unpaired) electrons. The average Bonchev–Trinajstić information content (AvgIpc) is 2.35. The summed E-state index contributed by atoms with van der Waals surface area (Å²) in [5, 5.41) is 19.6. The zero-order valence-electron chi connectivity index (χ0n) is 10.7. The summed E-state index contributed by atoms with van der Waals surface area (Å²) < 4.78 is 0. The largest absolute Gasteiger partial charge is 0.368 e. The Morgan fingerprint density at radius 1 is 0.706 bits per heavy atom. The maximum Gasteiger partial charge on any atom is 0.154 e. The lowest BCUT2D eigenvalue weighted by molar-refractivity contribution is -0.163. The lowest BCUT2D eigenvalue weighted by atomic mass is 9.54. The molecule has 0 aromatic heterocycles. The zero-order valence-corrected chi connectivity index (χ0v) is 10.7. The van der Waals surface area contributed by atoms with Crippen LogP contribution in [-0.2, 0) is 0 Å². The minimum atomic E-state index is -1.06. The van der Waals surface area contributed by atoms with E-state index < -0.39 is 6.29 Å². The molecule has 17 heavy (non-hydrogen) atoms. The van der Waals surface area contributed by atoms with Crippen LogP contribution in [0, 0.1) is 29.6 Å². The SMILES string of the molecule is OC(O)C1C2CCCCC2CC2CCCCC21. The molecule has 2 nitrogen and oxygen atoms in total. The molecular weight excluding hydrogens is 212 g/mol. The molecule has 0 spiro atoms. The minimum Gasteiger partial charge on any atom is -0.368 e. The molecule has 0 saturated heterocycles. The van der Waals surface area contributed by atoms with Crippen molar-refractivity contribution in [1.82, 2.24) is 0 Å². The molecule has 0 aromatic carbocycles. The second kappa shape index (κ2) is 4.89. The number of hydrogen-bond donors (Lipinski definition) is 2. The summed E-state index contributed by atoms with van der Waals surface area (Å²) in [5.41, 5.74) is 0. The van der Waals surface area contributed by atoms with Gasteiger partial charge in [0.25, 0.3) is 0 Å². The molecule has 0 aromatic rings. The van der Waals surface area contributed by atoms with E-state index in [-0.39, 0.29) is 5.92 Å². The predicted octanol–water partition coefficient (Wildman–Crippen LogP) is 2.93. The molecule has 4 unspecified atom stereocenters. The molecule has 0 bridgehead atoms. The summed E-state index contributed by atoms with van der Waals surface area (Å²) in [6.07, 6.45) is 10.9. The molecule has 4 atom stereocenters. The summed E-state index contributed by atoms with van der Waals surface area (Å²) in [7, 11) is 0. The van der Waals surface area contributed by atoms with Crippen molar-refractivity contribution in [2.45, 2.75) is 64.1 Å². The fourth-order valence-corrected chi connectivity index (χ4v) is 5.22. The van der Waals surface area contributed by atoms with Crippen molar-refractivity contribution >= 4 is 0 Å². The average molecular weight is 238 g/mol. The van der Waals surface area contributed by atoms with Gasteiger partial charge < -0.3 is 10.2 Å². The van der Waals surface area contributed by atoms with E-state index >= 15 is 0 Å². The van der Waals surface area contributed by atoms with Crippen LogP contribution in [0.3, 0.4) is 0 Å². The van der Waals surface area contributed by atoms with Crippen LogP contribution < -0.4 is 0 Å². The number of aliphatic hydroxyl groups excluding tert-OH is 1. The van der Waals surface area contributed by atoms with Gasteiger partial charge in [0, 0.05) is 5.92 Å². The first-order valence-electron chi connectivity index (χ1n) is 7.63. The second-order valence-corrected chi connectivity index (χ2v) is 6.64. The molecule has 0 aliphatic heterocycles. The highest BCUT2D eigenvalue weighted by atomic mass is 16.5. The molecule has 3 fully saturated rings. The fraction of sp³-hybridized carbons (Fsp3) is 1.00. The Hall–Kier alpha value is -0.0800. The number of fused-ring (bicyclic) bond motifs is 2. The highest BCUT2D eigenvalue weighted by Crippen LogP contribution is 2.53. The first-order chi connectivity index (χ1) is 8.27. The molecule has 0 heterocycles. The maximum absolute atomic E-state index is 9.81. The normalized spacial score (nSPS) is 46.4. The van der Waals surface area contributed by atoms with Crippen LogP contribution in [0.1, 0.15) is 57.8 Å². The van der Waals surface area contributed by atoms with Crippen LogP contribution >= 0.6 is 0 Å². The number of rotatable bonds is 1. The molecule has 3 aliphatic rings. The van der Waals surface area contributed by atoms with Gasteiger partial charge in [-0.2, -0.15) is 0 Å². The van der Waals surface area contributed by atoms with Crippen LogP contribution in [0.2, 0.25) is 0 Å². The van der Waals surface area contributed by atoms with Gasteiger partial charge in [0.2, 0.25) is 0 Å². The van der Waals surface area contributed by atoms with Crippen LogP contribution in [-0.4, -0.2) is 16.5 Å². The summed E-state index contributed by atoms with van der Waals surface area (Å²) in [4.78, 5) is 0. The van der Waals surface area contributed by atoms with Gasteiger partial charge in [0.1, 0.15) is 0 Å². The summed E-state index contributed by atoms with van der Waals surface area (Å²) in [5.74, 6) is 3.02. The topological polar surface area (TPSA) is 40.5 Å². The standard InChI is InChI=1S/C15H26O2/c16-15(17)14-12-7-3-1-5-10(12)9-11-6-2-4-8-13(11)14/h10-17H,1-9H2. The van der Waals surface area contributed by atoms with E-state index in [1.165, 1.54) is 57.8 Å². The van der Waals surface area contributed by atoms with E-state index in [9.17, 15) is 10.2 Å². The van der Waals surface area contributed by atoms with Gasteiger partial charge in [0.15, 0.2) is 6.29 Å². The van der Waals surface area contributed by atoms with Crippen molar-refractivity contribution in [3.63, 3.8) is 0 Å². The third-order valence-electron chi connectivity index (χ3n) is 5.87. The Bertz CT molecular complexity index is 242. The van der Waals surface area contributed by atoms with E-state index in [1.807, 2.05) is 0 Å². The summed E-state index contributed by atoms with van der Waals surface area (Å²) in [6.45, 7) is 0. The molecule has 3 aliphatic carbocycles. The van der Waals surface area contributed by atoms with Crippen molar-refractivity contribution in [1.29, 1.82) is 0 Å². The van der Waals surface area contributed by atoms with Crippen molar-refractivity contribution in [3.05, 3.63) is 0 Å². The molecular formula is C15H26O2. The number of hydrogen-bond acceptors (Lipinski definition) is 2. The quantitative estimate of drug-likeness (QED) is 0.690. The molecule has 3 rings (SSSR count). The zero-order chi connectivity index (χ0) is 11.8. The second-order valence-electron chi connectivity index (χ2n) is 6.64. The van der Waals surface area contributed by atoms with Crippen molar-refractivity contribution in [3.8, 4) is 0 Å². The van der Waals surface area contributed by atoms with E-state index in [2.05, 4.69) is 0 Å². The first-order valence-corrected chi connectivity index (χ1v) is 7.63. The van der Waals surface area contributed by atoms with Crippen molar-refractivity contribution in [2.75, 3.05) is 0 Å². The van der Waals surface area contributed by atoms with Gasteiger partial charge in [-0.1, -0.05) is 38.5 Å². The lowest BCUT2D eigenvalue weighted by Gasteiger charge is -2.51. The van der Waals surface area contributed by atoms with E-state index in [0.29, 0.717) is 11.8 Å². The van der Waals surface area contributed by atoms with Gasteiger partial charge >= 0.3 is 0 Å². The van der Waals surface area contributed by atoms with Crippen LogP contribution in [0.25, 0.3) is 0 Å². The number of aliphatic hydroxyl groups is 2.